The van der Waals surface area contributed by atoms with Crippen LogP contribution >= 0.6 is 11.6 Å². The zero-order valence-corrected chi connectivity index (χ0v) is 13.5. The van der Waals surface area contributed by atoms with Crippen molar-refractivity contribution >= 4 is 29.1 Å². The summed E-state index contributed by atoms with van der Waals surface area (Å²) in [7, 11) is 0. The Labute approximate surface area is 140 Å². The molecule has 0 bridgehead atoms. The average Bonchev–Trinajstić information content (AvgIpc) is 2.93. The third kappa shape index (κ3) is 3.22. The van der Waals surface area contributed by atoms with Crippen molar-refractivity contribution in [1.29, 1.82) is 0 Å². The second-order valence-corrected chi connectivity index (χ2v) is 6.02. The molecule has 2 aromatic rings. The van der Waals surface area contributed by atoms with Crippen molar-refractivity contribution < 1.29 is 9.59 Å². The predicted molar refractivity (Wildman–Crippen MR) is 90.4 cm³/mol. The Morgan fingerprint density at radius 2 is 1.87 bits per heavy atom. The summed E-state index contributed by atoms with van der Waals surface area (Å²) in [6, 6.07) is 14.5. The summed E-state index contributed by atoms with van der Waals surface area (Å²) >= 11 is 5.85. The number of hydrogen-bond acceptors (Lipinski definition) is 2. The van der Waals surface area contributed by atoms with Crippen LogP contribution in [-0.4, -0.2) is 17.9 Å². The number of rotatable bonds is 3. The Bertz CT molecular complexity index is 743. The summed E-state index contributed by atoms with van der Waals surface area (Å²) < 4.78 is 0. The van der Waals surface area contributed by atoms with Crippen LogP contribution in [0.5, 0.6) is 0 Å². The minimum Gasteiger partial charge on any atom is -0.350 e. The molecule has 0 aromatic heterocycles. The van der Waals surface area contributed by atoms with Gasteiger partial charge in [-0.05, 0) is 29.3 Å². The Morgan fingerprint density at radius 3 is 2.57 bits per heavy atom. The Kier molecular flexibility index (Phi) is 4.35. The van der Waals surface area contributed by atoms with Gasteiger partial charge in [-0.15, -0.1) is 0 Å². The van der Waals surface area contributed by atoms with Crippen LogP contribution in [0.4, 0.5) is 5.69 Å². The molecule has 1 atom stereocenters. The topological polar surface area (TPSA) is 49.4 Å². The van der Waals surface area contributed by atoms with E-state index in [1.54, 1.807) is 17.0 Å². The van der Waals surface area contributed by atoms with E-state index in [4.69, 9.17) is 11.6 Å². The van der Waals surface area contributed by atoms with Gasteiger partial charge >= 0.3 is 0 Å². The van der Waals surface area contributed by atoms with Crippen molar-refractivity contribution in [2.24, 2.45) is 0 Å². The van der Waals surface area contributed by atoms with Crippen LogP contribution in [0.15, 0.2) is 48.5 Å². The molecule has 0 spiro atoms. The maximum atomic E-state index is 12.5. The lowest BCUT2D eigenvalue weighted by atomic mass is 10.1. The third-order valence-electron chi connectivity index (χ3n) is 4.00. The number of hydrogen-bond donors (Lipinski definition) is 1. The highest BCUT2D eigenvalue weighted by Crippen LogP contribution is 2.32. The number of amides is 2. The number of nitrogens with one attached hydrogen (secondary N) is 1. The summed E-state index contributed by atoms with van der Waals surface area (Å²) in [5, 5.41) is 3.57. The number of nitrogens with zero attached hydrogens (tertiary/aromatic N) is 1. The number of carbonyl (C=O) groups is 2. The van der Waals surface area contributed by atoms with Crippen LogP contribution in [0, 0.1) is 0 Å². The maximum absolute atomic E-state index is 12.5. The molecule has 1 aliphatic rings. The second-order valence-electron chi connectivity index (χ2n) is 5.58. The molecule has 2 amide bonds. The molecule has 1 N–H and O–H groups in total. The summed E-state index contributed by atoms with van der Waals surface area (Å²) in [5.74, 6) is -0.270. The number of halogens is 1. The van der Waals surface area contributed by atoms with E-state index in [1.165, 1.54) is 6.92 Å². The molecule has 0 saturated carbocycles. The third-order valence-corrected chi connectivity index (χ3v) is 4.25. The molecule has 5 heteroatoms. The summed E-state index contributed by atoms with van der Waals surface area (Å²) in [5.41, 5.74) is 2.81. The first kappa shape index (κ1) is 15.6. The van der Waals surface area contributed by atoms with Gasteiger partial charge in [-0.2, -0.15) is 0 Å². The van der Waals surface area contributed by atoms with E-state index < -0.39 is 6.04 Å². The number of anilines is 1. The lowest BCUT2D eigenvalue weighted by Crippen LogP contribution is -2.47. The van der Waals surface area contributed by atoms with E-state index in [-0.39, 0.29) is 11.8 Å². The van der Waals surface area contributed by atoms with Crippen molar-refractivity contribution in [3.63, 3.8) is 0 Å². The fraction of sp³-hybridized carbons (Fsp3) is 0.222. The van der Waals surface area contributed by atoms with Gasteiger partial charge < -0.3 is 5.32 Å². The van der Waals surface area contributed by atoms with Crippen molar-refractivity contribution in [2.75, 3.05) is 4.90 Å². The molecular weight excluding hydrogens is 312 g/mol. The zero-order chi connectivity index (χ0) is 16.4. The number of fused-ring (bicyclic) bond motifs is 1. The SMILES string of the molecule is CC(=O)N1c2ccccc2CC1C(=O)NCc1ccc(Cl)cc1. The molecule has 1 heterocycles. The van der Waals surface area contributed by atoms with Gasteiger partial charge in [-0.25, -0.2) is 0 Å². The lowest BCUT2D eigenvalue weighted by molar-refractivity contribution is -0.125. The predicted octanol–water partition coefficient (Wildman–Crippen LogP) is 2.93. The first-order valence-corrected chi connectivity index (χ1v) is 7.84. The van der Waals surface area contributed by atoms with Crippen LogP contribution in [0.3, 0.4) is 0 Å². The average molecular weight is 329 g/mol. The largest absolute Gasteiger partial charge is 0.350 e. The van der Waals surface area contributed by atoms with Crippen molar-refractivity contribution in [2.45, 2.75) is 25.9 Å². The van der Waals surface area contributed by atoms with Gasteiger partial charge in [0.1, 0.15) is 6.04 Å². The number of benzene rings is 2. The van der Waals surface area contributed by atoms with E-state index in [9.17, 15) is 9.59 Å². The van der Waals surface area contributed by atoms with E-state index in [0.29, 0.717) is 18.0 Å². The molecule has 23 heavy (non-hydrogen) atoms. The highest BCUT2D eigenvalue weighted by molar-refractivity contribution is 6.30. The second kappa shape index (κ2) is 6.42. The maximum Gasteiger partial charge on any atom is 0.243 e. The Balaban J connectivity index is 1.72. The molecule has 3 rings (SSSR count). The summed E-state index contributed by atoms with van der Waals surface area (Å²) in [6.45, 7) is 1.90. The van der Waals surface area contributed by atoms with E-state index in [2.05, 4.69) is 5.32 Å². The standard InChI is InChI=1S/C18H17ClN2O2/c1-12(22)21-16-5-3-2-4-14(16)10-17(21)18(23)20-11-13-6-8-15(19)9-7-13/h2-9,17H,10-11H2,1H3,(H,20,23). The van der Waals surface area contributed by atoms with E-state index >= 15 is 0 Å². The minimum atomic E-state index is -0.489. The molecule has 0 saturated heterocycles. The highest BCUT2D eigenvalue weighted by atomic mass is 35.5. The quantitative estimate of drug-likeness (QED) is 0.941. The van der Waals surface area contributed by atoms with Gasteiger partial charge in [0.05, 0.1) is 0 Å². The lowest BCUT2D eigenvalue weighted by Gasteiger charge is -2.23. The minimum absolute atomic E-state index is 0.124. The normalized spacial score (nSPS) is 16.1. The van der Waals surface area contributed by atoms with Gasteiger partial charge in [0.15, 0.2) is 0 Å². The smallest absolute Gasteiger partial charge is 0.243 e. The summed E-state index contributed by atoms with van der Waals surface area (Å²) in [6.07, 6.45) is 0.544. The molecule has 4 nitrogen and oxygen atoms in total. The molecule has 0 fully saturated rings. The van der Waals surface area contributed by atoms with Crippen LogP contribution in [-0.2, 0) is 22.6 Å². The summed E-state index contributed by atoms with van der Waals surface area (Å²) in [4.78, 5) is 26.1. The molecule has 2 aromatic carbocycles. The highest BCUT2D eigenvalue weighted by Gasteiger charge is 2.36. The molecule has 1 aliphatic heterocycles. The van der Waals surface area contributed by atoms with Crippen LogP contribution in [0.25, 0.3) is 0 Å². The van der Waals surface area contributed by atoms with E-state index in [0.717, 1.165) is 16.8 Å². The van der Waals surface area contributed by atoms with Gasteiger partial charge in [0.2, 0.25) is 11.8 Å². The molecule has 0 radical (unpaired) electrons. The van der Waals surface area contributed by atoms with Crippen molar-refractivity contribution in [3.05, 3.63) is 64.7 Å². The van der Waals surface area contributed by atoms with Crippen LogP contribution in [0.2, 0.25) is 5.02 Å². The molecule has 0 aliphatic carbocycles. The first-order chi connectivity index (χ1) is 11.1. The van der Waals surface area contributed by atoms with Gasteiger partial charge in [-0.3, -0.25) is 14.5 Å². The Morgan fingerprint density at radius 1 is 1.17 bits per heavy atom. The van der Waals surface area contributed by atoms with Gasteiger partial charge in [-0.1, -0.05) is 41.9 Å². The fourth-order valence-electron chi connectivity index (χ4n) is 2.89. The van der Waals surface area contributed by atoms with Crippen LogP contribution < -0.4 is 10.2 Å². The van der Waals surface area contributed by atoms with Crippen molar-refractivity contribution in [1.82, 2.24) is 5.32 Å². The number of carbonyl (C=O) groups excluding carboxylic acids is 2. The van der Waals surface area contributed by atoms with Gasteiger partial charge in [0, 0.05) is 30.6 Å². The van der Waals surface area contributed by atoms with Crippen LogP contribution in [0.1, 0.15) is 18.1 Å². The zero-order valence-electron chi connectivity index (χ0n) is 12.8. The molecular formula is C18H17ClN2O2. The fourth-order valence-corrected chi connectivity index (χ4v) is 3.02. The molecule has 118 valence electrons. The van der Waals surface area contributed by atoms with E-state index in [1.807, 2.05) is 36.4 Å². The first-order valence-electron chi connectivity index (χ1n) is 7.46. The van der Waals surface area contributed by atoms with Crippen molar-refractivity contribution in [3.8, 4) is 0 Å². The Hall–Kier alpha value is -2.33. The number of para-hydroxylation sites is 1. The molecule has 1 unspecified atom stereocenters. The van der Waals surface area contributed by atoms with Gasteiger partial charge in [0.25, 0.3) is 0 Å². The monoisotopic (exact) mass is 328 g/mol.